The van der Waals surface area contributed by atoms with Gasteiger partial charge in [0.05, 0.1) is 23.1 Å². The Bertz CT molecular complexity index is 770. The standard InChI is InChI=1S/C16H21N3O3S3/c1-6-22-14(21)11-8(3)12(17-9(11)4)13(20)10(5)24-16-19-18-15(25-16)23-7-2/h10,17H,6-7H2,1-5H3/t10-/m1/s1. The van der Waals surface area contributed by atoms with Gasteiger partial charge in [-0.3, -0.25) is 4.79 Å². The summed E-state index contributed by atoms with van der Waals surface area (Å²) in [4.78, 5) is 27.9. The molecule has 0 bridgehead atoms. The molecule has 25 heavy (non-hydrogen) atoms. The lowest BCUT2D eigenvalue weighted by Gasteiger charge is -2.07. The quantitative estimate of drug-likeness (QED) is 0.406. The summed E-state index contributed by atoms with van der Waals surface area (Å²) < 4.78 is 6.74. The third kappa shape index (κ3) is 4.65. The zero-order chi connectivity index (χ0) is 18.6. The van der Waals surface area contributed by atoms with Crippen LogP contribution >= 0.6 is 34.9 Å². The van der Waals surface area contributed by atoms with Crippen LogP contribution in [0.2, 0.25) is 0 Å². The van der Waals surface area contributed by atoms with Crippen LogP contribution in [0.15, 0.2) is 8.68 Å². The van der Waals surface area contributed by atoms with Crippen molar-refractivity contribution >= 4 is 46.6 Å². The minimum absolute atomic E-state index is 0.0685. The third-order valence-electron chi connectivity index (χ3n) is 3.47. The predicted molar refractivity (Wildman–Crippen MR) is 102 cm³/mol. The number of carbonyl (C=O) groups is 2. The number of hydrogen-bond donors (Lipinski definition) is 1. The van der Waals surface area contributed by atoms with Gasteiger partial charge >= 0.3 is 5.97 Å². The summed E-state index contributed by atoms with van der Waals surface area (Å²) >= 11 is 4.50. The van der Waals surface area contributed by atoms with Gasteiger partial charge in [0, 0.05) is 5.69 Å². The first-order chi connectivity index (χ1) is 11.9. The lowest BCUT2D eigenvalue weighted by molar-refractivity contribution is 0.0525. The molecular weight excluding hydrogens is 378 g/mol. The molecular formula is C16H21N3O3S3. The van der Waals surface area contributed by atoms with E-state index in [-0.39, 0.29) is 11.0 Å². The maximum absolute atomic E-state index is 12.8. The second kappa shape index (κ2) is 8.86. The molecule has 0 aliphatic carbocycles. The number of hydrogen-bond acceptors (Lipinski definition) is 8. The van der Waals surface area contributed by atoms with Crippen molar-refractivity contribution in [3.05, 3.63) is 22.5 Å². The smallest absolute Gasteiger partial charge is 0.340 e. The van der Waals surface area contributed by atoms with Crippen LogP contribution in [-0.4, -0.2) is 44.5 Å². The molecule has 0 spiro atoms. The van der Waals surface area contributed by atoms with Crippen molar-refractivity contribution < 1.29 is 14.3 Å². The van der Waals surface area contributed by atoms with Crippen molar-refractivity contribution in [2.24, 2.45) is 0 Å². The largest absolute Gasteiger partial charge is 0.462 e. The topological polar surface area (TPSA) is 84.9 Å². The molecule has 136 valence electrons. The van der Waals surface area contributed by atoms with Crippen LogP contribution in [0.4, 0.5) is 0 Å². The Balaban J connectivity index is 2.16. The molecule has 1 N–H and O–H groups in total. The summed E-state index contributed by atoms with van der Waals surface area (Å²) in [5.74, 6) is 0.463. The fraction of sp³-hybridized carbons (Fsp3) is 0.500. The fourth-order valence-electron chi connectivity index (χ4n) is 2.34. The summed E-state index contributed by atoms with van der Waals surface area (Å²) in [6.45, 7) is 9.48. The number of rotatable bonds is 8. The summed E-state index contributed by atoms with van der Waals surface area (Å²) in [6.07, 6.45) is 0. The molecule has 0 aromatic carbocycles. The molecule has 0 radical (unpaired) electrons. The number of carbonyl (C=O) groups excluding carboxylic acids is 2. The first-order valence-electron chi connectivity index (χ1n) is 7.92. The van der Waals surface area contributed by atoms with Crippen LogP contribution in [0.1, 0.15) is 52.9 Å². The van der Waals surface area contributed by atoms with E-state index >= 15 is 0 Å². The highest BCUT2D eigenvalue weighted by atomic mass is 32.2. The number of Topliss-reactive ketones (excluding diaryl/α,β-unsaturated/α-hetero) is 1. The molecule has 0 unspecified atom stereocenters. The number of ether oxygens (including phenoxy) is 1. The van der Waals surface area contributed by atoms with E-state index in [0.29, 0.717) is 29.1 Å². The van der Waals surface area contributed by atoms with Gasteiger partial charge in [-0.05, 0) is 39.0 Å². The van der Waals surface area contributed by atoms with Gasteiger partial charge in [0.25, 0.3) is 0 Å². The van der Waals surface area contributed by atoms with E-state index in [1.807, 2.05) is 6.92 Å². The third-order valence-corrected chi connectivity index (χ3v) is 6.59. The molecule has 0 amide bonds. The van der Waals surface area contributed by atoms with Gasteiger partial charge in [-0.1, -0.05) is 41.8 Å². The predicted octanol–water partition coefficient (Wildman–Crippen LogP) is 4.14. The van der Waals surface area contributed by atoms with E-state index < -0.39 is 5.97 Å². The first-order valence-corrected chi connectivity index (χ1v) is 10.6. The lowest BCUT2D eigenvalue weighted by atomic mass is 10.1. The highest BCUT2D eigenvalue weighted by Gasteiger charge is 2.26. The number of H-pyrrole nitrogens is 1. The second-order valence-electron chi connectivity index (χ2n) is 5.24. The number of aryl methyl sites for hydroxylation is 1. The van der Waals surface area contributed by atoms with Crippen LogP contribution in [0.3, 0.4) is 0 Å². The van der Waals surface area contributed by atoms with Crippen molar-refractivity contribution in [1.29, 1.82) is 0 Å². The molecule has 2 rings (SSSR count). The molecule has 1 atom stereocenters. The average molecular weight is 400 g/mol. The van der Waals surface area contributed by atoms with Crippen molar-refractivity contribution in [3.8, 4) is 0 Å². The molecule has 0 fully saturated rings. The molecule has 2 aromatic rings. The Morgan fingerprint density at radius 3 is 2.56 bits per heavy atom. The lowest BCUT2D eigenvalue weighted by Crippen LogP contribution is -2.15. The molecule has 0 saturated carbocycles. The van der Waals surface area contributed by atoms with Crippen LogP contribution < -0.4 is 0 Å². The number of nitrogens with zero attached hydrogens (tertiary/aromatic N) is 2. The Morgan fingerprint density at radius 1 is 1.24 bits per heavy atom. The minimum Gasteiger partial charge on any atom is -0.462 e. The summed E-state index contributed by atoms with van der Waals surface area (Å²) in [5.41, 5.74) is 2.18. The van der Waals surface area contributed by atoms with Gasteiger partial charge in [-0.15, -0.1) is 10.2 Å². The monoisotopic (exact) mass is 399 g/mol. The Hall–Kier alpha value is -1.32. The van der Waals surface area contributed by atoms with E-state index in [0.717, 1.165) is 14.4 Å². The second-order valence-corrected chi connectivity index (χ2v) is 9.31. The van der Waals surface area contributed by atoms with Gasteiger partial charge in [0.1, 0.15) is 0 Å². The fourth-order valence-corrected chi connectivity index (χ4v) is 5.46. The number of thioether (sulfide) groups is 2. The highest BCUT2D eigenvalue weighted by molar-refractivity contribution is 8.03. The number of ketones is 1. The zero-order valence-electron chi connectivity index (χ0n) is 14.8. The number of nitrogens with one attached hydrogen (secondary N) is 1. The number of esters is 1. The van der Waals surface area contributed by atoms with Crippen molar-refractivity contribution in [2.45, 2.75) is 48.5 Å². The summed E-state index contributed by atoms with van der Waals surface area (Å²) in [6, 6.07) is 0. The van der Waals surface area contributed by atoms with Gasteiger partial charge < -0.3 is 9.72 Å². The number of aromatic amines is 1. The van der Waals surface area contributed by atoms with Gasteiger partial charge in [0.2, 0.25) is 0 Å². The van der Waals surface area contributed by atoms with Crippen LogP contribution in [0.25, 0.3) is 0 Å². The van der Waals surface area contributed by atoms with Gasteiger partial charge in [-0.2, -0.15) is 0 Å². The van der Waals surface area contributed by atoms with Crippen molar-refractivity contribution in [3.63, 3.8) is 0 Å². The van der Waals surface area contributed by atoms with E-state index in [4.69, 9.17) is 4.74 Å². The normalized spacial score (nSPS) is 12.2. The van der Waals surface area contributed by atoms with Gasteiger partial charge in [-0.25, -0.2) is 4.79 Å². The Kier molecular flexibility index (Phi) is 7.09. The molecule has 2 aromatic heterocycles. The SMILES string of the molecule is CCOC(=O)c1c(C)[nH]c(C(=O)[C@@H](C)Sc2nnc(SCC)s2)c1C. The molecule has 6 nitrogen and oxygen atoms in total. The van der Waals surface area contributed by atoms with Gasteiger partial charge in [0.15, 0.2) is 14.5 Å². The van der Waals surface area contributed by atoms with E-state index in [2.05, 4.69) is 22.1 Å². The zero-order valence-corrected chi connectivity index (χ0v) is 17.3. The van der Waals surface area contributed by atoms with Crippen LogP contribution in [0.5, 0.6) is 0 Å². The maximum Gasteiger partial charge on any atom is 0.340 e. The van der Waals surface area contributed by atoms with E-state index in [9.17, 15) is 9.59 Å². The van der Waals surface area contributed by atoms with E-state index in [1.165, 1.54) is 23.1 Å². The van der Waals surface area contributed by atoms with E-state index in [1.54, 1.807) is 32.5 Å². The van der Waals surface area contributed by atoms with Crippen LogP contribution in [0, 0.1) is 13.8 Å². The van der Waals surface area contributed by atoms with Crippen molar-refractivity contribution in [1.82, 2.24) is 15.2 Å². The Labute approximate surface area is 159 Å². The summed E-state index contributed by atoms with van der Waals surface area (Å²) in [7, 11) is 0. The molecule has 0 saturated heterocycles. The number of aromatic nitrogens is 3. The van der Waals surface area contributed by atoms with Crippen molar-refractivity contribution in [2.75, 3.05) is 12.4 Å². The average Bonchev–Trinajstić information content (AvgIpc) is 3.11. The maximum atomic E-state index is 12.8. The molecule has 9 heteroatoms. The highest BCUT2D eigenvalue weighted by Crippen LogP contribution is 2.32. The molecule has 2 heterocycles. The molecule has 0 aliphatic rings. The Morgan fingerprint density at radius 2 is 1.92 bits per heavy atom. The minimum atomic E-state index is -0.404. The molecule has 0 aliphatic heterocycles. The first kappa shape index (κ1) is 20.0. The summed E-state index contributed by atoms with van der Waals surface area (Å²) in [5, 5.41) is 7.89. The van der Waals surface area contributed by atoms with Crippen LogP contribution in [-0.2, 0) is 4.74 Å².